The first-order chi connectivity index (χ1) is 4.43. The Bertz CT molecular complexity index is 219. The van der Waals surface area contributed by atoms with Crippen molar-refractivity contribution in [3.05, 3.63) is 18.0 Å². The van der Waals surface area contributed by atoms with E-state index in [9.17, 15) is 0 Å². The maximum Gasteiger partial charge on any atom is 0.139 e. The molecule has 46 valence electrons. The second-order valence-corrected chi connectivity index (χ2v) is 1.62. The highest BCUT2D eigenvalue weighted by molar-refractivity contribution is 6.19. The van der Waals surface area contributed by atoms with Gasteiger partial charge in [-0.05, 0) is 0 Å². The molecule has 0 unspecified atom stereocenters. The lowest BCUT2D eigenvalue weighted by Crippen LogP contribution is -1.64. The third-order valence-corrected chi connectivity index (χ3v) is 0.865. The molecule has 0 radical (unpaired) electrons. The molecule has 2 nitrogen and oxygen atoms in total. The van der Waals surface area contributed by atoms with E-state index in [2.05, 4.69) is 21.5 Å². The van der Waals surface area contributed by atoms with Gasteiger partial charge in [0.1, 0.15) is 6.26 Å². The zero-order valence-corrected chi connectivity index (χ0v) is 5.35. The molecule has 0 bridgehead atoms. The van der Waals surface area contributed by atoms with Gasteiger partial charge in [-0.15, -0.1) is 11.6 Å². The molecule has 3 heteroatoms. The fourth-order valence-electron chi connectivity index (χ4n) is 0.402. The number of hydrogen-bond acceptors (Lipinski definition) is 2. The van der Waals surface area contributed by atoms with Gasteiger partial charge in [0.15, 0.2) is 0 Å². The van der Waals surface area contributed by atoms with Crippen molar-refractivity contribution in [2.45, 2.75) is 0 Å². The molecule has 0 aromatic carbocycles. The first kappa shape index (κ1) is 6.18. The topological polar surface area (TPSA) is 26.0 Å². The third kappa shape index (κ3) is 1.79. The van der Waals surface area contributed by atoms with Gasteiger partial charge in [-0.1, -0.05) is 17.0 Å². The molecule has 1 aromatic rings. The van der Waals surface area contributed by atoms with Crippen LogP contribution in [0.5, 0.6) is 0 Å². The smallest absolute Gasteiger partial charge is 0.139 e. The Morgan fingerprint density at radius 1 is 1.78 bits per heavy atom. The Kier molecular flexibility index (Phi) is 2.17. The van der Waals surface area contributed by atoms with Crippen LogP contribution in [-0.2, 0) is 0 Å². The van der Waals surface area contributed by atoms with E-state index >= 15 is 0 Å². The van der Waals surface area contributed by atoms with E-state index in [4.69, 9.17) is 11.6 Å². The largest absolute Gasteiger partial charge is 0.363 e. The van der Waals surface area contributed by atoms with Crippen molar-refractivity contribution in [2.75, 3.05) is 5.88 Å². The molecule has 0 spiro atoms. The summed E-state index contributed by atoms with van der Waals surface area (Å²) in [5, 5.41) is 3.45. The van der Waals surface area contributed by atoms with Crippen LogP contribution < -0.4 is 0 Å². The summed E-state index contributed by atoms with van der Waals surface area (Å²) in [5.74, 6) is 5.74. The van der Waals surface area contributed by atoms with Crippen molar-refractivity contribution in [2.24, 2.45) is 0 Å². The lowest BCUT2D eigenvalue weighted by Gasteiger charge is -1.68. The van der Waals surface area contributed by atoms with Gasteiger partial charge < -0.3 is 4.52 Å². The van der Waals surface area contributed by atoms with Gasteiger partial charge >= 0.3 is 0 Å². The minimum atomic E-state index is 0.338. The number of halogens is 1. The molecule has 0 amide bonds. The molecular formula is C6H4ClNO. The molecule has 0 aliphatic carbocycles. The number of rotatable bonds is 0. The fourth-order valence-corrected chi connectivity index (χ4v) is 0.469. The van der Waals surface area contributed by atoms with Gasteiger partial charge in [0.05, 0.1) is 17.6 Å². The SMILES string of the molecule is ClCC#Cc1cnoc1. The van der Waals surface area contributed by atoms with E-state index in [1.165, 1.54) is 6.26 Å². The Labute approximate surface area is 57.8 Å². The first-order valence-corrected chi connectivity index (χ1v) is 2.91. The molecule has 9 heavy (non-hydrogen) atoms. The zero-order chi connectivity index (χ0) is 6.53. The molecule has 1 heterocycles. The normalized spacial score (nSPS) is 8.11. The maximum atomic E-state index is 5.29. The Morgan fingerprint density at radius 3 is 3.22 bits per heavy atom. The molecule has 0 fully saturated rings. The van der Waals surface area contributed by atoms with Crippen LogP contribution in [0.4, 0.5) is 0 Å². The second kappa shape index (κ2) is 3.16. The molecule has 0 aliphatic rings. The Balaban J connectivity index is 2.67. The van der Waals surface area contributed by atoms with Crippen LogP contribution in [0.15, 0.2) is 17.0 Å². The standard InChI is InChI=1S/C6H4ClNO/c7-3-1-2-6-4-8-9-5-6/h4-5H,3H2. The van der Waals surface area contributed by atoms with Gasteiger partial charge in [-0.3, -0.25) is 0 Å². The molecular weight excluding hydrogens is 138 g/mol. The minimum absolute atomic E-state index is 0.338. The summed E-state index contributed by atoms with van der Waals surface area (Å²) in [4.78, 5) is 0. The zero-order valence-electron chi connectivity index (χ0n) is 4.60. The maximum absolute atomic E-state index is 5.29. The average molecular weight is 142 g/mol. The Morgan fingerprint density at radius 2 is 2.67 bits per heavy atom. The molecule has 0 saturated heterocycles. The highest BCUT2D eigenvalue weighted by atomic mass is 35.5. The lowest BCUT2D eigenvalue weighted by atomic mass is 10.4. The summed E-state index contributed by atoms with van der Waals surface area (Å²) in [7, 11) is 0. The van der Waals surface area contributed by atoms with Crippen molar-refractivity contribution in [3.63, 3.8) is 0 Å². The van der Waals surface area contributed by atoms with E-state index in [0.29, 0.717) is 5.88 Å². The van der Waals surface area contributed by atoms with Gasteiger partial charge in [0, 0.05) is 0 Å². The molecule has 0 aliphatic heterocycles. The molecule has 0 saturated carbocycles. The number of alkyl halides is 1. The van der Waals surface area contributed by atoms with Gasteiger partial charge in [-0.2, -0.15) is 0 Å². The van der Waals surface area contributed by atoms with Crippen LogP contribution in [0, 0.1) is 11.8 Å². The summed E-state index contributed by atoms with van der Waals surface area (Å²) >= 11 is 5.29. The number of aromatic nitrogens is 1. The molecule has 0 N–H and O–H groups in total. The molecule has 1 aromatic heterocycles. The summed E-state index contributed by atoms with van der Waals surface area (Å²) < 4.78 is 4.52. The van der Waals surface area contributed by atoms with Crippen LogP contribution in [0.2, 0.25) is 0 Å². The molecule has 0 atom stereocenters. The Hall–Kier alpha value is -0.940. The van der Waals surface area contributed by atoms with Crippen LogP contribution in [0.3, 0.4) is 0 Å². The van der Waals surface area contributed by atoms with E-state index in [0.717, 1.165) is 5.56 Å². The van der Waals surface area contributed by atoms with E-state index in [1.807, 2.05) is 0 Å². The lowest BCUT2D eigenvalue weighted by molar-refractivity contribution is 0.419. The highest BCUT2D eigenvalue weighted by Crippen LogP contribution is 1.91. The first-order valence-electron chi connectivity index (χ1n) is 2.37. The van der Waals surface area contributed by atoms with Crippen molar-refractivity contribution in [1.29, 1.82) is 0 Å². The second-order valence-electron chi connectivity index (χ2n) is 1.35. The highest BCUT2D eigenvalue weighted by Gasteiger charge is 1.84. The van der Waals surface area contributed by atoms with Gasteiger partial charge in [-0.25, -0.2) is 0 Å². The van der Waals surface area contributed by atoms with Gasteiger partial charge in [0.2, 0.25) is 0 Å². The van der Waals surface area contributed by atoms with Crippen molar-refractivity contribution in [1.82, 2.24) is 5.16 Å². The fraction of sp³-hybridized carbons (Fsp3) is 0.167. The van der Waals surface area contributed by atoms with Crippen molar-refractivity contribution >= 4 is 11.6 Å². The molecule has 1 rings (SSSR count). The van der Waals surface area contributed by atoms with Crippen LogP contribution in [0.1, 0.15) is 5.56 Å². The number of nitrogens with zero attached hydrogens (tertiary/aromatic N) is 1. The predicted octanol–water partition coefficient (Wildman–Crippen LogP) is 1.26. The summed E-state index contributed by atoms with van der Waals surface area (Å²) in [6.45, 7) is 0. The van der Waals surface area contributed by atoms with Crippen LogP contribution in [-0.4, -0.2) is 11.0 Å². The van der Waals surface area contributed by atoms with Gasteiger partial charge in [0.25, 0.3) is 0 Å². The average Bonchev–Trinajstić information content (AvgIpc) is 2.34. The quantitative estimate of drug-likeness (QED) is 0.402. The van der Waals surface area contributed by atoms with Crippen LogP contribution >= 0.6 is 11.6 Å². The van der Waals surface area contributed by atoms with E-state index < -0.39 is 0 Å². The number of hydrogen-bond donors (Lipinski definition) is 0. The van der Waals surface area contributed by atoms with E-state index in [-0.39, 0.29) is 0 Å². The summed E-state index contributed by atoms with van der Waals surface area (Å²) in [6, 6.07) is 0. The summed E-state index contributed by atoms with van der Waals surface area (Å²) in [6.07, 6.45) is 3.01. The predicted molar refractivity (Wildman–Crippen MR) is 34.1 cm³/mol. The van der Waals surface area contributed by atoms with E-state index in [1.54, 1.807) is 6.20 Å². The summed E-state index contributed by atoms with van der Waals surface area (Å²) in [5.41, 5.74) is 0.760. The van der Waals surface area contributed by atoms with Crippen molar-refractivity contribution < 1.29 is 4.52 Å². The third-order valence-electron chi connectivity index (χ3n) is 0.732. The monoisotopic (exact) mass is 141 g/mol. The van der Waals surface area contributed by atoms with Crippen LogP contribution in [0.25, 0.3) is 0 Å². The van der Waals surface area contributed by atoms with Crippen molar-refractivity contribution in [3.8, 4) is 11.8 Å². The minimum Gasteiger partial charge on any atom is -0.363 e.